The van der Waals surface area contributed by atoms with Gasteiger partial charge in [0.05, 0.1) is 32.6 Å². The number of methoxy groups -OCH3 is 2. The van der Waals surface area contributed by atoms with E-state index < -0.39 is 101 Å². The van der Waals surface area contributed by atoms with Crippen molar-refractivity contribution in [1.29, 1.82) is 0 Å². The normalized spacial score (nSPS) is 14.0. The molecule has 0 spiro atoms. The molecule has 5 rings (SSSR count). The first kappa shape index (κ1) is 49.3. The van der Waals surface area contributed by atoms with Crippen LogP contribution in [0.4, 0.5) is 30.7 Å². The van der Waals surface area contributed by atoms with Crippen LogP contribution in [-0.2, 0) is 70.1 Å². The first-order chi connectivity index (χ1) is 29.7. The lowest BCUT2D eigenvalue weighted by atomic mass is 9.99. The SMILES string of the molecule is COC(=O)C(NC(=O)[C@H](C)NC(=O)Cc1cc(F)cc(F)c1)c1cc2c(s1)CCCC2.COC(=O)C(NC(=O)[C@H](C)NC(=O)Cc1cc(F)cc(F)c1)c1cccc(C(F)(F)F)c1. The molecule has 63 heavy (non-hydrogen) atoms. The Morgan fingerprint density at radius 1 is 0.635 bits per heavy atom. The maximum absolute atomic E-state index is 13.3. The number of rotatable bonds is 14. The second-order valence-corrected chi connectivity index (χ2v) is 15.5. The Morgan fingerprint density at radius 2 is 1.10 bits per heavy atom. The maximum Gasteiger partial charge on any atom is 0.416 e. The lowest BCUT2D eigenvalue weighted by Crippen LogP contribution is -2.47. The van der Waals surface area contributed by atoms with Gasteiger partial charge in [-0.05, 0) is 104 Å². The molecule has 1 aliphatic rings. The van der Waals surface area contributed by atoms with Crippen LogP contribution in [0.3, 0.4) is 0 Å². The molecule has 1 aromatic heterocycles. The van der Waals surface area contributed by atoms with Gasteiger partial charge in [0.2, 0.25) is 23.6 Å². The molecule has 4 aromatic rings. The number of hydrogen-bond donors (Lipinski definition) is 4. The molecule has 1 heterocycles. The predicted molar refractivity (Wildman–Crippen MR) is 214 cm³/mol. The van der Waals surface area contributed by atoms with E-state index in [1.54, 1.807) is 0 Å². The second kappa shape index (κ2) is 22.2. The van der Waals surface area contributed by atoms with Crippen LogP contribution >= 0.6 is 11.3 Å². The van der Waals surface area contributed by atoms with E-state index in [4.69, 9.17) is 4.74 Å². The summed E-state index contributed by atoms with van der Waals surface area (Å²) in [7, 11) is 2.25. The first-order valence-electron chi connectivity index (χ1n) is 19.2. The predicted octanol–water partition coefficient (Wildman–Crippen LogP) is 6.04. The maximum atomic E-state index is 13.3. The summed E-state index contributed by atoms with van der Waals surface area (Å²) in [5.41, 5.74) is 0.178. The van der Waals surface area contributed by atoms with Crippen molar-refractivity contribution in [3.8, 4) is 0 Å². The Morgan fingerprint density at radius 3 is 1.56 bits per heavy atom. The molecule has 0 fully saturated rings. The van der Waals surface area contributed by atoms with Crippen LogP contribution < -0.4 is 21.3 Å². The summed E-state index contributed by atoms with van der Waals surface area (Å²) in [6.45, 7) is 2.73. The van der Waals surface area contributed by atoms with Gasteiger partial charge in [0.15, 0.2) is 12.1 Å². The Bertz CT molecular complexity index is 2260. The van der Waals surface area contributed by atoms with Crippen molar-refractivity contribution in [3.05, 3.63) is 128 Å². The third kappa shape index (κ3) is 14.6. The average Bonchev–Trinajstić information content (AvgIpc) is 3.64. The molecule has 0 saturated heterocycles. The van der Waals surface area contributed by atoms with Crippen molar-refractivity contribution in [3.63, 3.8) is 0 Å². The van der Waals surface area contributed by atoms with E-state index in [2.05, 4.69) is 26.0 Å². The summed E-state index contributed by atoms with van der Waals surface area (Å²) in [5, 5.41) is 9.65. The van der Waals surface area contributed by atoms with Crippen molar-refractivity contribution >= 4 is 46.9 Å². The number of hydrogen-bond acceptors (Lipinski definition) is 9. The minimum absolute atomic E-state index is 0.0315. The van der Waals surface area contributed by atoms with E-state index in [0.29, 0.717) is 23.1 Å². The molecule has 20 heteroatoms. The van der Waals surface area contributed by atoms with Gasteiger partial charge in [-0.25, -0.2) is 27.2 Å². The minimum atomic E-state index is -4.67. The number of nitrogens with one attached hydrogen (secondary N) is 4. The first-order valence-corrected chi connectivity index (χ1v) is 20.0. The number of esters is 2. The standard InChI is InChI=1S/C22H24F2N2O4S.C21H19F5N2O4/c1-12(25-19(27)9-13-7-15(23)11-16(24)8-13)21(28)26-20(22(29)30-2)18-10-14-5-3-4-6-17(14)31-18;1-11(27-17(29)8-12-6-15(22)10-16(23)7-12)19(30)28-18(20(31)32-2)13-4-3-5-14(9-13)21(24,25)26/h7-8,10-12,20H,3-6,9H2,1-2H3,(H,25,27)(H,26,28);3-7,9-11,18H,8H2,1-2H3,(H,27,29)(H,28,30)/t12-,20?;11-,18?/m00/s1. The van der Waals surface area contributed by atoms with Crippen LogP contribution in [0.15, 0.2) is 66.7 Å². The number of aryl methyl sites for hydroxylation is 2. The third-order valence-electron chi connectivity index (χ3n) is 9.41. The van der Waals surface area contributed by atoms with E-state index in [9.17, 15) is 59.5 Å². The molecule has 4 amide bonds. The highest BCUT2D eigenvalue weighted by molar-refractivity contribution is 7.12. The quantitative estimate of drug-likeness (QED) is 0.0877. The number of fused-ring (bicyclic) bond motifs is 1. The topological polar surface area (TPSA) is 169 Å². The van der Waals surface area contributed by atoms with Crippen molar-refractivity contribution in [1.82, 2.24) is 21.3 Å². The minimum Gasteiger partial charge on any atom is -0.467 e. The number of alkyl halides is 3. The van der Waals surface area contributed by atoms with Gasteiger partial charge in [0.25, 0.3) is 0 Å². The summed E-state index contributed by atoms with van der Waals surface area (Å²) in [5.74, 6) is -7.72. The highest BCUT2D eigenvalue weighted by Crippen LogP contribution is 2.34. The van der Waals surface area contributed by atoms with Gasteiger partial charge in [-0.2, -0.15) is 13.2 Å². The molecular weight excluding hydrogens is 866 g/mol. The summed E-state index contributed by atoms with van der Waals surface area (Å²) < 4.78 is 101. The van der Waals surface area contributed by atoms with E-state index in [1.165, 1.54) is 48.8 Å². The Balaban J connectivity index is 0.000000277. The summed E-state index contributed by atoms with van der Waals surface area (Å²) >= 11 is 1.49. The van der Waals surface area contributed by atoms with Crippen LogP contribution in [0, 0.1) is 23.3 Å². The fourth-order valence-electron chi connectivity index (χ4n) is 6.36. The zero-order chi connectivity index (χ0) is 46.6. The fraction of sp³-hybridized carbons (Fsp3) is 0.349. The molecule has 4 atom stereocenters. The highest BCUT2D eigenvalue weighted by atomic mass is 32.1. The van der Waals surface area contributed by atoms with Crippen molar-refractivity contribution < 1.29 is 69.0 Å². The highest BCUT2D eigenvalue weighted by Gasteiger charge is 2.34. The Kier molecular flexibility index (Phi) is 17.4. The number of benzene rings is 3. The molecule has 2 unspecified atom stereocenters. The van der Waals surface area contributed by atoms with Crippen LogP contribution in [0.2, 0.25) is 0 Å². The van der Waals surface area contributed by atoms with E-state index >= 15 is 0 Å². The smallest absolute Gasteiger partial charge is 0.416 e. The van der Waals surface area contributed by atoms with Gasteiger partial charge < -0.3 is 30.7 Å². The number of amides is 4. The molecule has 338 valence electrons. The fourth-order valence-corrected chi connectivity index (χ4v) is 7.66. The Hall–Kier alpha value is -6.31. The molecule has 12 nitrogen and oxygen atoms in total. The molecule has 0 aliphatic heterocycles. The third-order valence-corrected chi connectivity index (χ3v) is 10.7. The van der Waals surface area contributed by atoms with Gasteiger partial charge in [-0.1, -0.05) is 12.1 Å². The second-order valence-electron chi connectivity index (χ2n) is 14.3. The zero-order valence-electron chi connectivity index (χ0n) is 34.2. The van der Waals surface area contributed by atoms with E-state index in [0.717, 1.165) is 69.2 Å². The van der Waals surface area contributed by atoms with Gasteiger partial charge in [0.1, 0.15) is 35.4 Å². The van der Waals surface area contributed by atoms with Crippen molar-refractivity contribution in [2.75, 3.05) is 14.2 Å². The molecule has 0 radical (unpaired) electrons. The molecule has 4 N–H and O–H groups in total. The number of halogens is 7. The summed E-state index contributed by atoms with van der Waals surface area (Å²) in [4.78, 5) is 75.7. The number of ether oxygens (including phenoxy) is 2. The van der Waals surface area contributed by atoms with E-state index in [-0.39, 0.29) is 23.1 Å². The van der Waals surface area contributed by atoms with Crippen molar-refractivity contribution in [2.24, 2.45) is 0 Å². The molecule has 1 aliphatic carbocycles. The van der Waals surface area contributed by atoms with Gasteiger partial charge in [-0.15, -0.1) is 11.3 Å². The van der Waals surface area contributed by atoms with Crippen LogP contribution in [0.25, 0.3) is 0 Å². The molecule has 3 aromatic carbocycles. The van der Waals surface area contributed by atoms with Crippen molar-refractivity contribution in [2.45, 2.75) is 82.7 Å². The van der Waals surface area contributed by atoms with Crippen LogP contribution in [0.1, 0.15) is 76.3 Å². The van der Waals surface area contributed by atoms with E-state index in [1.807, 2.05) is 6.07 Å². The average molecular weight is 909 g/mol. The van der Waals surface area contributed by atoms with Crippen LogP contribution in [0.5, 0.6) is 0 Å². The Labute approximate surface area is 360 Å². The van der Waals surface area contributed by atoms with Gasteiger partial charge in [-0.3, -0.25) is 19.2 Å². The molecular formula is C43H43F7N4O8S. The largest absolute Gasteiger partial charge is 0.467 e. The lowest BCUT2D eigenvalue weighted by molar-refractivity contribution is -0.146. The number of carbonyl (C=O) groups is 6. The number of thiophene rings is 1. The van der Waals surface area contributed by atoms with Gasteiger partial charge >= 0.3 is 18.1 Å². The number of carbonyl (C=O) groups excluding carboxylic acids is 6. The zero-order valence-corrected chi connectivity index (χ0v) is 35.0. The monoisotopic (exact) mass is 908 g/mol. The van der Waals surface area contributed by atoms with Gasteiger partial charge in [0, 0.05) is 21.9 Å². The summed E-state index contributed by atoms with van der Waals surface area (Å²) in [6, 6.07) is 6.36. The molecule has 0 saturated carbocycles. The lowest BCUT2D eigenvalue weighted by Gasteiger charge is -2.21. The summed E-state index contributed by atoms with van der Waals surface area (Å²) in [6.07, 6.45) is -1.30. The van der Waals surface area contributed by atoms with Crippen LogP contribution in [-0.4, -0.2) is 61.9 Å². The molecule has 0 bridgehead atoms.